The Morgan fingerprint density at radius 2 is 2.06 bits per heavy atom. The fourth-order valence-corrected chi connectivity index (χ4v) is 2.52. The number of hydrogen-bond acceptors (Lipinski definition) is 4. The first-order chi connectivity index (χ1) is 8.74. The van der Waals surface area contributed by atoms with Crippen molar-refractivity contribution in [3.8, 4) is 22.2 Å². The Kier molecular flexibility index (Phi) is 3.07. The van der Waals surface area contributed by atoms with Gasteiger partial charge in [0.05, 0.1) is 15.5 Å². The normalized spacial score (nSPS) is 10.8. The molecule has 3 aromatic rings. The van der Waals surface area contributed by atoms with Crippen molar-refractivity contribution >= 4 is 34.5 Å². The van der Waals surface area contributed by atoms with Gasteiger partial charge in [-0.2, -0.15) is 4.98 Å². The Hall–Kier alpha value is -1.36. The van der Waals surface area contributed by atoms with Gasteiger partial charge in [0.15, 0.2) is 0 Å². The van der Waals surface area contributed by atoms with Crippen LogP contribution in [0, 0.1) is 0 Å². The molecule has 0 saturated heterocycles. The van der Waals surface area contributed by atoms with Crippen molar-refractivity contribution in [2.24, 2.45) is 0 Å². The monoisotopic (exact) mass is 296 g/mol. The van der Waals surface area contributed by atoms with Crippen molar-refractivity contribution in [1.82, 2.24) is 10.1 Å². The van der Waals surface area contributed by atoms with Crippen molar-refractivity contribution in [2.45, 2.75) is 0 Å². The lowest BCUT2D eigenvalue weighted by Gasteiger charge is -1.98. The van der Waals surface area contributed by atoms with Crippen LogP contribution < -0.4 is 0 Å². The van der Waals surface area contributed by atoms with E-state index in [0.29, 0.717) is 27.3 Å². The molecule has 0 radical (unpaired) electrons. The van der Waals surface area contributed by atoms with Crippen LogP contribution in [0.4, 0.5) is 0 Å². The topological polar surface area (TPSA) is 38.9 Å². The van der Waals surface area contributed by atoms with Crippen LogP contribution in [0.2, 0.25) is 10.0 Å². The zero-order valence-electron chi connectivity index (χ0n) is 8.93. The second-order valence-electron chi connectivity index (χ2n) is 3.52. The van der Waals surface area contributed by atoms with Gasteiger partial charge in [0.1, 0.15) is 0 Å². The van der Waals surface area contributed by atoms with Crippen LogP contribution in [0.15, 0.2) is 40.2 Å². The van der Waals surface area contributed by atoms with Gasteiger partial charge in [0.25, 0.3) is 5.89 Å². The molecular weight excluding hydrogens is 291 g/mol. The molecule has 0 aliphatic heterocycles. The molecule has 0 amide bonds. The summed E-state index contributed by atoms with van der Waals surface area (Å²) < 4.78 is 5.21. The maximum Gasteiger partial charge on any atom is 0.259 e. The number of benzene rings is 1. The summed E-state index contributed by atoms with van der Waals surface area (Å²) in [5.41, 5.74) is 0.638. The van der Waals surface area contributed by atoms with E-state index in [1.54, 1.807) is 29.5 Å². The Morgan fingerprint density at radius 3 is 2.83 bits per heavy atom. The Balaban J connectivity index is 2.05. The van der Waals surface area contributed by atoms with E-state index in [1.807, 2.05) is 17.5 Å². The van der Waals surface area contributed by atoms with Crippen LogP contribution in [0.3, 0.4) is 0 Å². The second-order valence-corrected chi connectivity index (χ2v) is 5.32. The summed E-state index contributed by atoms with van der Waals surface area (Å²) in [6.45, 7) is 0. The third-order valence-corrected chi connectivity index (χ3v) is 3.76. The summed E-state index contributed by atoms with van der Waals surface area (Å²) in [7, 11) is 0. The number of rotatable bonds is 2. The van der Waals surface area contributed by atoms with Gasteiger partial charge in [0, 0.05) is 5.02 Å². The van der Waals surface area contributed by atoms with Crippen LogP contribution >= 0.6 is 34.5 Å². The minimum absolute atomic E-state index is 0.367. The van der Waals surface area contributed by atoms with Gasteiger partial charge < -0.3 is 4.52 Å². The first kappa shape index (κ1) is 11.7. The van der Waals surface area contributed by atoms with Crippen molar-refractivity contribution in [3.63, 3.8) is 0 Å². The smallest absolute Gasteiger partial charge is 0.259 e. The maximum atomic E-state index is 6.08. The van der Waals surface area contributed by atoms with E-state index in [2.05, 4.69) is 10.1 Å². The molecule has 90 valence electrons. The molecule has 0 aliphatic rings. The molecule has 0 N–H and O–H groups in total. The summed E-state index contributed by atoms with van der Waals surface area (Å²) in [6.07, 6.45) is 0. The summed E-state index contributed by atoms with van der Waals surface area (Å²) >= 11 is 13.6. The van der Waals surface area contributed by atoms with Gasteiger partial charge in [-0.05, 0) is 29.6 Å². The number of hydrogen-bond donors (Lipinski definition) is 0. The fraction of sp³-hybridized carbons (Fsp3) is 0. The Bertz CT molecular complexity index is 679. The molecule has 0 unspecified atom stereocenters. The van der Waals surface area contributed by atoms with Crippen molar-refractivity contribution < 1.29 is 4.52 Å². The van der Waals surface area contributed by atoms with Gasteiger partial charge in [-0.15, -0.1) is 11.3 Å². The average molecular weight is 297 g/mol. The van der Waals surface area contributed by atoms with Crippen LogP contribution in [0.25, 0.3) is 22.2 Å². The molecule has 2 aromatic heterocycles. The lowest BCUT2D eigenvalue weighted by atomic mass is 10.2. The molecule has 3 nitrogen and oxygen atoms in total. The number of halogens is 2. The fourth-order valence-electron chi connectivity index (χ4n) is 1.50. The number of thiophene rings is 1. The third kappa shape index (κ3) is 2.14. The summed E-state index contributed by atoms with van der Waals surface area (Å²) in [6, 6.07) is 8.98. The van der Waals surface area contributed by atoms with Gasteiger partial charge in [-0.1, -0.05) is 34.4 Å². The van der Waals surface area contributed by atoms with E-state index in [0.717, 1.165) is 4.88 Å². The molecule has 0 aliphatic carbocycles. The highest BCUT2D eigenvalue weighted by Crippen LogP contribution is 2.31. The molecule has 1 aromatic carbocycles. The lowest BCUT2D eigenvalue weighted by molar-refractivity contribution is 0.432. The molecule has 0 saturated carbocycles. The maximum absolute atomic E-state index is 6.08. The van der Waals surface area contributed by atoms with E-state index in [9.17, 15) is 0 Å². The standard InChI is InChI=1S/C12H6Cl2N2OS/c13-7-3-4-9(14)8(6-7)12-15-11(16-17-12)10-2-1-5-18-10/h1-6H. The van der Waals surface area contributed by atoms with Gasteiger partial charge in [0.2, 0.25) is 5.82 Å². The third-order valence-electron chi connectivity index (χ3n) is 2.33. The minimum atomic E-state index is 0.367. The van der Waals surface area contributed by atoms with Crippen LogP contribution in [0.5, 0.6) is 0 Å². The van der Waals surface area contributed by atoms with Crippen molar-refractivity contribution in [2.75, 3.05) is 0 Å². The van der Waals surface area contributed by atoms with Crippen LogP contribution in [0.1, 0.15) is 0 Å². The minimum Gasteiger partial charge on any atom is -0.334 e. The largest absolute Gasteiger partial charge is 0.334 e. The Labute approximate surface area is 117 Å². The highest BCUT2D eigenvalue weighted by atomic mass is 35.5. The molecule has 18 heavy (non-hydrogen) atoms. The van der Waals surface area contributed by atoms with Crippen LogP contribution in [-0.4, -0.2) is 10.1 Å². The molecule has 0 bridgehead atoms. The highest BCUT2D eigenvalue weighted by Gasteiger charge is 2.14. The molecule has 0 atom stereocenters. The predicted octanol–water partition coefficient (Wildman–Crippen LogP) is 4.77. The Morgan fingerprint density at radius 1 is 1.17 bits per heavy atom. The molecule has 0 fully saturated rings. The van der Waals surface area contributed by atoms with Gasteiger partial charge in [-0.25, -0.2) is 0 Å². The van der Waals surface area contributed by atoms with Gasteiger partial charge in [-0.3, -0.25) is 0 Å². The van der Waals surface area contributed by atoms with E-state index in [1.165, 1.54) is 0 Å². The molecule has 2 heterocycles. The van der Waals surface area contributed by atoms with Crippen LogP contribution in [-0.2, 0) is 0 Å². The molecule has 3 rings (SSSR count). The van der Waals surface area contributed by atoms with E-state index in [-0.39, 0.29) is 0 Å². The van der Waals surface area contributed by atoms with Crippen molar-refractivity contribution in [3.05, 3.63) is 45.8 Å². The number of nitrogens with zero attached hydrogens (tertiary/aromatic N) is 2. The van der Waals surface area contributed by atoms with E-state index >= 15 is 0 Å². The first-order valence-electron chi connectivity index (χ1n) is 5.07. The summed E-state index contributed by atoms with van der Waals surface area (Å²) in [5, 5.41) is 6.99. The zero-order valence-corrected chi connectivity index (χ0v) is 11.3. The zero-order chi connectivity index (χ0) is 12.5. The molecule has 6 heteroatoms. The summed E-state index contributed by atoms with van der Waals surface area (Å²) in [4.78, 5) is 5.26. The SMILES string of the molecule is Clc1ccc(Cl)c(-c2nc(-c3cccs3)no2)c1. The second kappa shape index (κ2) is 4.72. The number of aromatic nitrogens is 2. The van der Waals surface area contributed by atoms with E-state index < -0.39 is 0 Å². The molecule has 0 spiro atoms. The quantitative estimate of drug-likeness (QED) is 0.683. The average Bonchev–Trinajstić information content (AvgIpc) is 3.00. The lowest BCUT2D eigenvalue weighted by Crippen LogP contribution is -1.80. The van der Waals surface area contributed by atoms with Gasteiger partial charge >= 0.3 is 0 Å². The van der Waals surface area contributed by atoms with Crippen molar-refractivity contribution in [1.29, 1.82) is 0 Å². The predicted molar refractivity (Wildman–Crippen MR) is 73.1 cm³/mol. The van der Waals surface area contributed by atoms with E-state index in [4.69, 9.17) is 27.7 Å². The first-order valence-corrected chi connectivity index (χ1v) is 6.70. The molecular formula is C12H6Cl2N2OS. The summed E-state index contributed by atoms with van der Waals surface area (Å²) in [5.74, 6) is 0.918. The highest BCUT2D eigenvalue weighted by molar-refractivity contribution is 7.13.